The largest absolute Gasteiger partial charge is 0.351 e. The number of benzene rings is 1. The van der Waals surface area contributed by atoms with E-state index in [2.05, 4.69) is 11.4 Å². The molecular formula is C24H32N2O2. The first-order valence-corrected chi connectivity index (χ1v) is 11.1. The van der Waals surface area contributed by atoms with Gasteiger partial charge < -0.3 is 10.2 Å². The second-order valence-corrected chi connectivity index (χ2v) is 8.54. The molecule has 1 aromatic rings. The van der Waals surface area contributed by atoms with Gasteiger partial charge in [-0.3, -0.25) is 9.59 Å². The average Bonchev–Trinajstić information content (AvgIpc) is 2.87. The van der Waals surface area contributed by atoms with Gasteiger partial charge in [-0.05, 0) is 56.6 Å². The van der Waals surface area contributed by atoms with Gasteiger partial charge in [-0.2, -0.15) is 0 Å². The van der Waals surface area contributed by atoms with Crippen molar-refractivity contribution in [2.45, 2.75) is 82.7 Å². The molecule has 4 heteroatoms. The first-order chi connectivity index (χ1) is 13.7. The highest BCUT2D eigenvalue weighted by atomic mass is 16.2. The molecule has 3 aliphatic rings. The second-order valence-electron chi connectivity index (χ2n) is 8.54. The number of amides is 2. The Hall–Kier alpha value is -2.10. The van der Waals surface area contributed by atoms with Crippen molar-refractivity contribution >= 4 is 11.8 Å². The fraction of sp³-hybridized carbons (Fsp3) is 0.583. The minimum atomic E-state index is -0.476. The topological polar surface area (TPSA) is 49.4 Å². The van der Waals surface area contributed by atoms with Gasteiger partial charge in [0.15, 0.2) is 0 Å². The molecule has 1 aromatic carbocycles. The predicted octanol–water partition coefficient (Wildman–Crippen LogP) is 4.91. The molecule has 0 bridgehead atoms. The molecule has 1 fully saturated rings. The predicted molar refractivity (Wildman–Crippen MR) is 111 cm³/mol. The smallest absolute Gasteiger partial charge is 0.255 e. The van der Waals surface area contributed by atoms with E-state index in [1.165, 1.54) is 44.1 Å². The highest BCUT2D eigenvalue weighted by molar-refractivity contribution is 6.04. The van der Waals surface area contributed by atoms with E-state index in [4.69, 9.17) is 0 Å². The van der Waals surface area contributed by atoms with E-state index in [0.717, 1.165) is 37.7 Å². The van der Waals surface area contributed by atoms with Crippen LogP contribution in [0.5, 0.6) is 0 Å². The summed E-state index contributed by atoms with van der Waals surface area (Å²) in [6, 6.07) is 7.42. The Morgan fingerprint density at radius 1 is 1.04 bits per heavy atom. The van der Waals surface area contributed by atoms with Crippen LogP contribution in [0.1, 0.15) is 92.6 Å². The van der Waals surface area contributed by atoms with Crippen LogP contribution in [-0.2, 0) is 4.79 Å². The maximum absolute atomic E-state index is 13.3. The van der Waals surface area contributed by atoms with Gasteiger partial charge in [0.1, 0.15) is 6.04 Å². The van der Waals surface area contributed by atoms with Crippen LogP contribution in [0.4, 0.5) is 0 Å². The van der Waals surface area contributed by atoms with E-state index >= 15 is 0 Å². The molecule has 28 heavy (non-hydrogen) atoms. The van der Waals surface area contributed by atoms with E-state index in [1.54, 1.807) is 0 Å². The Bertz CT molecular complexity index is 747. The van der Waals surface area contributed by atoms with Gasteiger partial charge in [-0.1, -0.05) is 55.5 Å². The molecule has 0 unspecified atom stereocenters. The first-order valence-electron chi connectivity index (χ1n) is 11.1. The van der Waals surface area contributed by atoms with Crippen LogP contribution in [0.25, 0.3) is 0 Å². The summed E-state index contributed by atoms with van der Waals surface area (Å²) in [7, 11) is 0. The summed E-state index contributed by atoms with van der Waals surface area (Å²) < 4.78 is 0. The number of rotatable bonds is 5. The molecule has 150 valence electrons. The lowest BCUT2D eigenvalue weighted by Crippen LogP contribution is -2.43. The molecular weight excluding hydrogens is 348 g/mol. The summed E-state index contributed by atoms with van der Waals surface area (Å²) in [6.45, 7) is 0.627. The van der Waals surface area contributed by atoms with Crippen LogP contribution in [0.15, 0.2) is 35.9 Å². The number of fused-ring (bicyclic) bond motifs is 1. The third-order valence-corrected chi connectivity index (χ3v) is 6.57. The number of nitrogens with zero attached hydrogens (tertiary/aromatic N) is 1. The van der Waals surface area contributed by atoms with Crippen molar-refractivity contribution in [3.05, 3.63) is 47.0 Å². The molecule has 2 aliphatic carbocycles. The van der Waals surface area contributed by atoms with E-state index in [0.29, 0.717) is 12.1 Å². The van der Waals surface area contributed by atoms with Crippen LogP contribution >= 0.6 is 0 Å². The summed E-state index contributed by atoms with van der Waals surface area (Å²) in [4.78, 5) is 28.1. The summed E-state index contributed by atoms with van der Waals surface area (Å²) >= 11 is 0. The van der Waals surface area contributed by atoms with Crippen molar-refractivity contribution in [2.75, 3.05) is 6.54 Å². The van der Waals surface area contributed by atoms with E-state index in [1.807, 2.05) is 29.2 Å². The molecule has 0 aromatic heterocycles. The van der Waals surface area contributed by atoms with Crippen LogP contribution in [0, 0.1) is 0 Å². The van der Waals surface area contributed by atoms with Crippen LogP contribution < -0.4 is 5.32 Å². The van der Waals surface area contributed by atoms with Gasteiger partial charge in [-0.15, -0.1) is 0 Å². The standard InChI is InChI=1S/C24H32N2O2/c27-23(25-19-12-6-1-2-7-13-19)22-20-14-8-9-15-21(20)24(28)26(22)17-16-18-10-4-3-5-11-18/h8-10,14-15,19,22H,1-7,11-13,16-17H2,(H,25,27)/t22-/m1/s1. The van der Waals surface area contributed by atoms with Crippen LogP contribution in [-0.4, -0.2) is 29.3 Å². The lowest BCUT2D eigenvalue weighted by atomic mass is 9.97. The Labute approximate surface area is 168 Å². The fourth-order valence-corrected chi connectivity index (χ4v) is 4.98. The fourth-order valence-electron chi connectivity index (χ4n) is 4.98. The average molecular weight is 381 g/mol. The van der Waals surface area contributed by atoms with Gasteiger partial charge in [-0.25, -0.2) is 0 Å². The Balaban J connectivity index is 1.51. The highest BCUT2D eigenvalue weighted by Gasteiger charge is 2.41. The Morgan fingerprint density at radius 2 is 1.82 bits per heavy atom. The normalized spacial score (nSPS) is 23.1. The van der Waals surface area contributed by atoms with Crippen molar-refractivity contribution in [2.24, 2.45) is 0 Å². The van der Waals surface area contributed by atoms with E-state index in [-0.39, 0.29) is 17.9 Å². The number of carbonyl (C=O) groups is 2. The zero-order chi connectivity index (χ0) is 19.3. The van der Waals surface area contributed by atoms with Gasteiger partial charge in [0.25, 0.3) is 5.91 Å². The quantitative estimate of drug-likeness (QED) is 0.583. The summed E-state index contributed by atoms with van der Waals surface area (Å²) in [5, 5.41) is 3.28. The highest BCUT2D eigenvalue weighted by Crippen LogP contribution is 2.35. The number of nitrogens with one attached hydrogen (secondary N) is 1. The number of carbonyl (C=O) groups excluding carboxylic acids is 2. The van der Waals surface area contributed by atoms with Crippen molar-refractivity contribution in [3.8, 4) is 0 Å². The molecule has 1 atom stereocenters. The zero-order valence-corrected chi connectivity index (χ0v) is 16.8. The maximum atomic E-state index is 13.3. The van der Waals surface area contributed by atoms with Crippen molar-refractivity contribution in [1.29, 1.82) is 0 Å². The molecule has 0 radical (unpaired) electrons. The van der Waals surface area contributed by atoms with Gasteiger partial charge in [0.2, 0.25) is 5.91 Å². The Kier molecular flexibility index (Phi) is 6.13. The van der Waals surface area contributed by atoms with Gasteiger partial charge in [0.05, 0.1) is 0 Å². The minimum Gasteiger partial charge on any atom is -0.351 e. The molecule has 4 rings (SSSR count). The van der Waals surface area contributed by atoms with Gasteiger partial charge >= 0.3 is 0 Å². The van der Waals surface area contributed by atoms with Crippen LogP contribution in [0.2, 0.25) is 0 Å². The first kappa shape index (κ1) is 19.2. The summed E-state index contributed by atoms with van der Waals surface area (Å²) in [6.07, 6.45) is 15.0. The molecule has 2 amide bonds. The molecule has 1 aliphatic heterocycles. The molecule has 1 N–H and O–H groups in total. The third-order valence-electron chi connectivity index (χ3n) is 6.57. The van der Waals surface area contributed by atoms with E-state index in [9.17, 15) is 9.59 Å². The lowest BCUT2D eigenvalue weighted by molar-refractivity contribution is -0.126. The summed E-state index contributed by atoms with van der Waals surface area (Å²) in [5.41, 5.74) is 3.01. The number of hydrogen-bond acceptors (Lipinski definition) is 2. The van der Waals surface area contributed by atoms with Gasteiger partial charge in [0, 0.05) is 18.2 Å². The van der Waals surface area contributed by atoms with Crippen LogP contribution in [0.3, 0.4) is 0 Å². The number of allylic oxidation sites excluding steroid dienone is 1. The Morgan fingerprint density at radius 3 is 2.57 bits per heavy atom. The van der Waals surface area contributed by atoms with Crippen molar-refractivity contribution in [1.82, 2.24) is 10.2 Å². The lowest BCUT2D eigenvalue weighted by Gasteiger charge is -2.27. The van der Waals surface area contributed by atoms with Crippen molar-refractivity contribution < 1.29 is 9.59 Å². The maximum Gasteiger partial charge on any atom is 0.255 e. The minimum absolute atomic E-state index is 0.00261. The molecule has 0 spiro atoms. The van der Waals surface area contributed by atoms with E-state index < -0.39 is 6.04 Å². The van der Waals surface area contributed by atoms with Crippen molar-refractivity contribution in [3.63, 3.8) is 0 Å². The molecule has 0 saturated heterocycles. The third kappa shape index (κ3) is 4.16. The summed E-state index contributed by atoms with van der Waals surface area (Å²) in [5.74, 6) is 0.0100. The number of hydrogen-bond donors (Lipinski definition) is 1. The second kappa shape index (κ2) is 8.93. The molecule has 1 saturated carbocycles. The zero-order valence-electron chi connectivity index (χ0n) is 16.8. The molecule has 1 heterocycles. The molecule has 4 nitrogen and oxygen atoms in total. The monoisotopic (exact) mass is 380 g/mol. The SMILES string of the molecule is O=C(NC1CCCCCC1)[C@H]1c2ccccc2C(=O)N1CCC1=CCCCC1.